The lowest BCUT2D eigenvalue weighted by Gasteiger charge is -2.33. The van der Waals surface area contributed by atoms with Crippen LogP contribution in [0.4, 0.5) is 10.1 Å². The van der Waals surface area contributed by atoms with Crippen LogP contribution in [0.5, 0.6) is 0 Å². The van der Waals surface area contributed by atoms with E-state index in [9.17, 15) is 22.4 Å². The molecule has 0 spiro atoms. The number of halogens is 1. The highest BCUT2D eigenvalue weighted by Crippen LogP contribution is 2.20. The minimum Gasteiger partial charge on any atom is -0.355 e. The predicted molar refractivity (Wildman–Crippen MR) is 138 cm³/mol. The normalized spacial score (nSPS) is 12.0. The Bertz CT molecular complexity index is 1250. The third-order valence-corrected chi connectivity index (χ3v) is 6.75. The van der Waals surface area contributed by atoms with E-state index >= 15 is 0 Å². The topological polar surface area (TPSA) is 86.8 Å². The van der Waals surface area contributed by atoms with Crippen molar-refractivity contribution in [2.24, 2.45) is 0 Å². The Hall–Kier alpha value is -3.72. The summed E-state index contributed by atoms with van der Waals surface area (Å²) in [5.74, 6) is -1.41. The highest BCUT2D eigenvalue weighted by Gasteiger charge is 2.32. The molecule has 9 heteroatoms. The average molecular weight is 512 g/mol. The minimum absolute atomic E-state index is 0.106. The number of nitrogens with zero attached hydrogens (tertiary/aromatic N) is 2. The van der Waals surface area contributed by atoms with E-state index in [-0.39, 0.29) is 24.6 Å². The molecule has 0 fully saturated rings. The summed E-state index contributed by atoms with van der Waals surface area (Å²) in [4.78, 5) is 28.4. The summed E-state index contributed by atoms with van der Waals surface area (Å²) >= 11 is 0. The predicted octanol–water partition coefficient (Wildman–Crippen LogP) is 3.37. The van der Waals surface area contributed by atoms with Gasteiger partial charge in [-0.2, -0.15) is 0 Å². The van der Waals surface area contributed by atoms with Crippen LogP contribution in [0.2, 0.25) is 0 Å². The first-order chi connectivity index (χ1) is 17.2. The van der Waals surface area contributed by atoms with Crippen LogP contribution in [0, 0.1) is 5.82 Å². The smallest absolute Gasteiger partial charge is 0.244 e. The van der Waals surface area contributed by atoms with E-state index in [0.717, 1.165) is 33.8 Å². The van der Waals surface area contributed by atoms with Gasteiger partial charge in [0.2, 0.25) is 21.8 Å². The molecule has 0 saturated carbocycles. The molecule has 0 aliphatic carbocycles. The zero-order chi connectivity index (χ0) is 26.1. The van der Waals surface area contributed by atoms with Gasteiger partial charge in [-0.15, -0.1) is 0 Å². The molecular weight excluding hydrogens is 481 g/mol. The van der Waals surface area contributed by atoms with Crippen LogP contribution in [-0.2, 0) is 32.6 Å². The summed E-state index contributed by atoms with van der Waals surface area (Å²) in [5.41, 5.74) is 1.81. The Labute approximate surface area is 211 Å². The molecule has 36 heavy (non-hydrogen) atoms. The number of likely N-dealkylation sites (N-methyl/N-ethyl adjacent to an activating group) is 1. The van der Waals surface area contributed by atoms with E-state index in [2.05, 4.69) is 5.32 Å². The zero-order valence-electron chi connectivity index (χ0n) is 20.3. The largest absolute Gasteiger partial charge is 0.355 e. The van der Waals surface area contributed by atoms with Gasteiger partial charge in [-0.1, -0.05) is 60.7 Å². The van der Waals surface area contributed by atoms with Gasteiger partial charge in [0.1, 0.15) is 18.4 Å². The maximum atomic E-state index is 13.8. The quantitative estimate of drug-likeness (QED) is 0.428. The van der Waals surface area contributed by atoms with Gasteiger partial charge in [-0.3, -0.25) is 13.9 Å². The fourth-order valence-corrected chi connectivity index (χ4v) is 4.70. The van der Waals surface area contributed by atoms with Crippen molar-refractivity contribution in [1.29, 1.82) is 0 Å². The van der Waals surface area contributed by atoms with Gasteiger partial charge in [0.25, 0.3) is 0 Å². The number of amides is 2. The number of rotatable bonds is 11. The first-order valence-corrected chi connectivity index (χ1v) is 13.4. The second kappa shape index (κ2) is 12.3. The number of carbonyl (C=O) groups excluding carboxylic acids is 2. The molecule has 3 rings (SSSR count). The Balaban J connectivity index is 2.00. The van der Waals surface area contributed by atoms with Gasteiger partial charge in [-0.25, -0.2) is 12.8 Å². The molecule has 0 aromatic heterocycles. The molecule has 0 bridgehead atoms. The minimum atomic E-state index is -3.88. The molecule has 0 aliphatic rings. The van der Waals surface area contributed by atoms with Crippen molar-refractivity contribution in [1.82, 2.24) is 10.2 Å². The van der Waals surface area contributed by atoms with Crippen molar-refractivity contribution in [3.8, 4) is 0 Å². The molecule has 0 heterocycles. The lowest BCUT2D eigenvalue weighted by atomic mass is 10.0. The van der Waals surface area contributed by atoms with Crippen molar-refractivity contribution >= 4 is 27.5 Å². The van der Waals surface area contributed by atoms with Crippen LogP contribution in [0.25, 0.3) is 0 Å². The molecule has 0 radical (unpaired) electrons. The number of anilines is 1. The molecule has 190 valence electrons. The van der Waals surface area contributed by atoms with Gasteiger partial charge >= 0.3 is 0 Å². The van der Waals surface area contributed by atoms with Gasteiger partial charge in [0.05, 0.1) is 11.9 Å². The molecule has 1 N–H and O–H groups in total. The van der Waals surface area contributed by atoms with E-state index in [0.29, 0.717) is 6.54 Å². The van der Waals surface area contributed by atoms with Crippen molar-refractivity contribution in [3.05, 3.63) is 102 Å². The number of hydrogen-bond acceptors (Lipinski definition) is 4. The lowest BCUT2D eigenvalue weighted by molar-refractivity contribution is -0.140. The van der Waals surface area contributed by atoms with Gasteiger partial charge in [-0.05, 0) is 42.3 Å². The van der Waals surface area contributed by atoms with E-state index in [4.69, 9.17) is 0 Å². The van der Waals surface area contributed by atoms with Crippen molar-refractivity contribution in [2.45, 2.75) is 25.9 Å². The number of sulfonamides is 1. The molecule has 7 nitrogen and oxygen atoms in total. The van der Waals surface area contributed by atoms with Crippen molar-refractivity contribution in [3.63, 3.8) is 0 Å². The molecular formula is C27H30FN3O4S. The summed E-state index contributed by atoms with van der Waals surface area (Å²) in [7, 11) is -3.88. The lowest BCUT2D eigenvalue weighted by Crippen LogP contribution is -2.53. The number of carbonyl (C=O) groups is 2. The Morgan fingerprint density at radius 3 is 1.97 bits per heavy atom. The van der Waals surface area contributed by atoms with E-state index in [1.54, 1.807) is 6.92 Å². The average Bonchev–Trinajstić information content (AvgIpc) is 2.86. The van der Waals surface area contributed by atoms with E-state index < -0.39 is 34.3 Å². The van der Waals surface area contributed by atoms with Gasteiger partial charge in [0.15, 0.2) is 0 Å². The molecule has 1 unspecified atom stereocenters. The van der Waals surface area contributed by atoms with Crippen LogP contribution in [0.1, 0.15) is 18.1 Å². The highest BCUT2D eigenvalue weighted by atomic mass is 32.2. The summed E-state index contributed by atoms with van der Waals surface area (Å²) in [6, 6.07) is 22.5. The fourth-order valence-electron chi connectivity index (χ4n) is 3.85. The Morgan fingerprint density at radius 1 is 0.889 bits per heavy atom. The third-order valence-electron chi connectivity index (χ3n) is 5.61. The molecule has 1 atom stereocenters. The van der Waals surface area contributed by atoms with Gasteiger partial charge in [0, 0.05) is 19.5 Å². The first-order valence-electron chi connectivity index (χ1n) is 11.6. The Morgan fingerprint density at radius 2 is 1.44 bits per heavy atom. The van der Waals surface area contributed by atoms with Crippen molar-refractivity contribution < 1.29 is 22.4 Å². The first kappa shape index (κ1) is 26.9. The van der Waals surface area contributed by atoms with E-state index in [1.165, 1.54) is 17.0 Å². The number of benzene rings is 3. The maximum Gasteiger partial charge on any atom is 0.244 e. The summed E-state index contributed by atoms with van der Waals surface area (Å²) in [6.45, 7) is 1.74. The summed E-state index contributed by atoms with van der Waals surface area (Å²) < 4.78 is 39.6. The number of nitrogens with one attached hydrogen (secondary N) is 1. The molecule has 2 amide bonds. The van der Waals surface area contributed by atoms with Crippen LogP contribution >= 0.6 is 0 Å². The second-order valence-corrected chi connectivity index (χ2v) is 10.3. The van der Waals surface area contributed by atoms with Crippen LogP contribution in [0.3, 0.4) is 0 Å². The van der Waals surface area contributed by atoms with E-state index in [1.807, 2.05) is 60.7 Å². The van der Waals surface area contributed by atoms with Crippen LogP contribution in [-0.4, -0.2) is 50.5 Å². The summed E-state index contributed by atoms with van der Waals surface area (Å²) in [5, 5.41) is 2.80. The molecule has 0 saturated heterocycles. The third kappa shape index (κ3) is 7.39. The monoisotopic (exact) mass is 511 g/mol. The standard InChI is InChI=1S/C27H30FN3O4S/c1-3-29-27(33)25(18-21-10-6-4-7-11-21)30(19-22-12-8-5-9-13-22)26(32)20-31(36(2,34)35)24-16-14-23(28)15-17-24/h4-17,25H,3,18-20H2,1-2H3,(H,29,33). The fraction of sp³-hybridized carbons (Fsp3) is 0.259. The maximum absolute atomic E-state index is 13.8. The Kier molecular flexibility index (Phi) is 9.19. The van der Waals surface area contributed by atoms with Crippen LogP contribution < -0.4 is 9.62 Å². The molecule has 3 aromatic rings. The highest BCUT2D eigenvalue weighted by molar-refractivity contribution is 7.92. The zero-order valence-corrected chi connectivity index (χ0v) is 21.1. The summed E-state index contributed by atoms with van der Waals surface area (Å²) in [6.07, 6.45) is 1.23. The van der Waals surface area contributed by atoms with Gasteiger partial charge < -0.3 is 10.2 Å². The van der Waals surface area contributed by atoms with Crippen LogP contribution in [0.15, 0.2) is 84.9 Å². The van der Waals surface area contributed by atoms with Crippen molar-refractivity contribution in [2.75, 3.05) is 23.7 Å². The second-order valence-electron chi connectivity index (χ2n) is 8.35. The number of hydrogen-bond donors (Lipinski definition) is 1. The molecule has 0 aliphatic heterocycles. The molecule has 3 aromatic carbocycles. The SMILES string of the molecule is CCNC(=O)C(Cc1ccccc1)N(Cc1ccccc1)C(=O)CN(c1ccc(F)cc1)S(C)(=O)=O.